The van der Waals surface area contributed by atoms with Crippen LogP contribution in [-0.4, -0.2) is 23.0 Å². The Kier molecular flexibility index (Phi) is 2.69. The molecule has 1 aliphatic carbocycles. The van der Waals surface area contributed by atoms with Gasteiger partial charge in [-0.1, -0.05) is 37.5 Å². The predicted molar refractivity (Wildman–Crippen MR) is 86.4 cm³/mol. The van der Waals surface area contributed by atoms with Gasteiger partial charge in [0.1, 0.15) is 0 Å². The number of para-hydroxylation sites is 1. The second kappa shape index (κ2) is 4.61. The molecule has 2 aromatic rings. The maximum atomic E-state index is 3.77. The van der Waals surface area contributed by atoms with Crippen molar-refractivity contribution >= 4 is 10.9 Å². The summed E-state index contributed by atoms with van der Waals surface area (Å²) in [6, 6.07) is 9.54. The first-order chi connectivity index (χ1) is 10.4. The lowest BCUT2D eigenvalue weighted by molar-refractivity contribution is 0.0308. The Morgan fingerprint density at radius 1 is 1.05 bits per heavy atom. The molecule has 1 aromatic heterocycles. The van der Waals surface area contributed by atoms with E-state index in [4.69, 9.17) is 0 Å². The van der Waals surface area contributed by atoms with Crippen molar-refractivity contribution in [3.05, 3.63) is 35.5 Å². The molecule has 3 heterocycles. The number of nitrogens with zero attached hydrogens (tertiary/aromatic N) is 1. The van der Waals surface area contributed by atoms with Crippen molar-refractivity contribution in [3.63, 3.8) is 0 Å². The molecule has 1 aromatic carbocycles. The molecule has 2 heteroatoms. The molecule has 0 amide bonds. The Morgan fingerprint density at radius 3 is 2.86 bits per heavy atom. The van der Waals surface area contributed by atoms with E-state index < -0.39 is 0 Å². The topological polar surface area (TPSA) is 19.0 Å². The van der Waals surface area contributed by atoms with Crippen LogP contribution in [0.2, 0.25) is 0 Å². The molecule has 1 saturated heterocycles. The average molecular weight is 280 g/mol. The minimum atomic E-state index is 0.667. The molecule has 0 radical (unpaired) electrons. The molecule has 0 unspecified atom stereocenters. The maximum Gasteiger partial charge on any atom is 0.0504 e. The first-order valence-corrected chi connectivity index (χ1v) is 8.73. The summed E-state index contributed by atoms with van der Waals surface area (Å²) in [4.78, 5) is 6.55. The lowest BCUT2D eigenvalue weighted by Crippen LogP contribution is -2.46. The van der Waals surface area contributed by atoms with Crippen LogP contribution in [0.15, 0.2) is 24.3 Å². The summed E-state index contributed by atoms with van der Waals surface area (Å²) in [5.74, 6) is 1.97. The molecule has 1 saturated carbocycles. The van der Waals surface area contributed by atoms with E-state index in [0.717, 1.165) is 11.8 Å². The largest absolute Gasteiger partial charge is 0.357 e. The maximum absolute atomic E-state index is 3.77. The van der Waals surface area contributed by atoms with Crippen molar-refractivity contribution in [1.29, 1.82) is 0 Å². The Morgan fingerprint density at radius 2 is 1.90 bits per heavy atom. The summed E-state index contributed by atoms with van der Waals surface area (Å²) in [6.45, 7) is 2.62. The summed E-state index contributed by atoms with van der Waals surface area (Å²) in [7, 11) is 0. The van der Waals surface area contributed by atoms with Gasteiger partial charge in [0.15, 0.2) is 0 Å². The molecular formula is C19H24N2. The highest BCUT2D eigenvalue weighted by Crippen LogP contribution is 2.46. The highest BCUT2D eigenvalue weighted by Gasteiger charge is 2.40. The SMILES string of the molecule is c1ccc2c3c([nH]c2c1)[C@@H]1C[C@H]2CCCC[C@@H]2CN1CC3. The van der Waals surface area contributed by atoms with Crippen LogP contribution in [0.1, 0.15) is 49.4 Å². The van der Waals surface area contributed by atoms with E-state index in [-0.39, 0.29) is 0 Å². The van der Waals surface area contributed by atoms with E-state index >= 15 is 0 Å². The van der Waals surface area contributed by atoms with E-state index in [9.17, 15) is 0 Å². The fourth-order valence-corrected chi connectivity index (χ4v) is 5.28. The van der Waals surface area contributed by atoms with Crippen molar-refractivity contribution in [2.24, 2.45) is 11.8 Å². The van der Waals surface area contributed by atoms with E-state index in [2.05, 4.69) is 34.1 Å². The zero-order valence-electron chi connectivity index (χ0n) is 12.6. The monoisotopic (exact) mass is 280 g/mol. The van der Waals surface area contributed by atoms with E-state index in [1.54, 1.807) is 11.3 Å². The van der Waals surface area contributed by atoms with Gasteiger partial charge in [-0.05, 0) is 42.7 Å². The Balaban J connectivity index is 1.56. The minimum absolute atomic E-state index is 0.667. The fraction of sp³-hybridized carbons (Fsp3) is 0.579. The fourth-order valence-electron chi connectivity index (χ4n) is 5.28. The summed E-state index contributed by atoms with van der Waals surface area (Å²) >= 11 is 0. The van der Waals surface area contributed by atoms with E-state index in [1.165, 1.54) is 62.5 Å². The third-order valence-corrected chi connectivity index (χ3v) is 6.33. The van der Waals surface area contributed by atoms with Crippen molar-refractivity contribution in [2.45, 2.75) is 44.6 Å². The van der Waals surface area contributed by atoms with Crippen LogP contribution < -0.4 is 0 Å². The normalized spacial score (nSPS) is 32.5. The van der Waals surface area contributed by atoms with Crippen LogP contribution in [0.3, 0.4) is 0 Å². The van der Waals surface area contributed by atoms with Crippen LogP contribution in [0.4, 0.5) is 0 Å². The number of hydrogen-bond acceptors (Lipinski definition) is 1. The third-order valence-electron chi connectivity index (χ3n) is 6.33. The predicted octanol–water partition coefficient (Wildman–Crippen LogP) is 4.28. The average Bonchev–Trinajstić information content (AvgIpc) is 2.92. The Labute approximate surface area is 126 Å². The third kappa shape index (κ3) is 1.81. The van der Waals surface area contributed by atoms with Gasteiger partial charge in [-0.2, -0.15) is 0 Å². The van der Waals surface area contributed by atoms with Crippen LogP contribution in [0, 0.1) is 11.8 Å². The number of aromatic nitrogens is 1. The van der Waals surface area contributed by atoms with Crippen molar-refractivity contribution in [1.82, 2.24) is 9.88 Å². The number of aromatic amines is 1. The molecule has 0 bridgehead atoms. The standard InChI is InChI=1S/C19H24N2/c1-2-6-14-12-21-10-9-16-15-7-3-4-8-17(15)20-19(16)18(21)11-13(14)5-1/h3-4,7-8,13-14,18,20H,1-2,5-6,9-12H2/t13-,14-,18+/m1/s1. The lowest BCUT2D eigenvalue weighted by Gasteiger charge is -2.48. The highest BCUT2D eigenvalue weighted by atomic mass is 15.2. The molecule has 1 N–H and O–H groups in total. The number of H-pyrrole nitrogens is 1. The van der Waals surface area contributed by atoms with Crippen LogP contribution in [-0.2, 0) is 6.42 Å². The highest BCUT2D eigenvalue weighted by molar-refractivity contribution is 5.85. The van der Waals surface area contributed by atoms with Gasteiger partial charge in [0, 0.05) is 29.7 Å². The number of benzene rings is 1. The van der Waals surface area contributed by atoms with Gasteiger partial charge in [-0.25, -0.2) is 0 Å². The summed E-state index contributed by atoms with van der Waals surface area (Å²) < 4.78 is 0. The van der Waals surface area contributed by atoms with Crippen molar-refractivity contribution in [2.75, 3.05) is 13.1 Å². The first kappa shape index (κ1) is 12.3. The van der Waals surface area contributed by atoms with Gasteiger partial charge in [0.2, 0.25) is 0 Å². The molecule has 110 valence electrons. The van der Waals surface area contributed by atoms with Crippen LogP contribution in [0.25, 0.3) is 10.9 Å². The zero-order chi connectivity index (χ0) is 13.8. The lowest BCUT2D eigenvalue weighted by atomic mass is 9.71. The Bertz CT molecular complexity index is 671. The minimum Gasteiger partial charge on any atom is -0.357 e. The van der Waals surface area contributed by atoms with Crippen LogP contribution >= 0.6 is 0 Å². The van der Waals surface area contributed by atoms with Crippen molar-refractivity contribution < 1.29 is 0 Å². The molecule has 3 atom stereocenters. The number of rotatable bonds is 0. The van der Waals surface area contributed by atoms with Gasteiger partial charge >= 0.3 is 0 Å². The van der Waals surface area contributed by atoms with Gasteiger partial charge in [-0.15, -0.1) is 0 Å². The number of nitrogens with one attached hydrogen (secondary N) is 1. The first-order valence-electron chi connectivity index (χ1n) is 8.73. The molecule has 2 fully saturated rings. The molecule has 0 spiro atoms. The molecule has 3 aliphatic rings. The molecule has 2 nitrogen and oxygen atoms in total. The molecular weight excluding hydrogens is 256 g/mol. The molecule has 5 rings (SSSR count). The quantitative estimate of drug-likeness (QED) is 0.763. The number of hydrogen-bond donors (Lipinski definition) is 1. The van der Waals surface area contributed by atoms with Gasteiger partial charge in [0.25, 0.3) is 0 Å². The zero-order valence-corrected chi connectivity index (χ0v) is 12.6. The smallest absolute Gasteiger partial charge is 0.0504 e. The van der Waals surface area contributed by atoms with Gasteiger partial charge in [-0.3, -0.25) is 4.90 Å². The van der Waals surface area contributed by atoms with Crippen molar-refractivity contribution in [3.8, 4) is 0 Å². The second-order valence-electron chi connectivity index (χ2n) is 7.36. The summed E-state index contributed by atoms with van der Waals surface area (Å²) in [5, 5.41) is 1.47. The summed E-state index contributed by atoms with van der Waals surface area (Å²) in [6.07, 6.45) is 8.51. The molecule has 2 aliphatic heterocycles. The molecule has 21 heavy (non-hydrogen) atoms. The number of piperidine rings is 1. The summed E-state index contributed by atoms with van der Waals surface area (Å²) in [5.41, 5.74) is 4.50. The van der Waals surface area contributed by atoms with E-state index in [1.807, 2.05) is 0 Å². The van der Waals surface area contributed by atoms with Gasteiger partial charge < -0.3 is 4.98 Å². The van der Waals surface area contributed by atoms with Gasteiger partial charge in [0.05, 0.1) is 6.04 Å². The number of fused-ring (bicyclic) bond motifs is 6. The second-order valence-corrected chi connectivity index (χ2v) is 7.36. The van der Waals surface area contributed by atoms with Crippen LogP contribution in [0.5, 0.6) is 0 Å². The Hall–Kier alpha value is -1.28. The van der Waals surface area contributed by atoms with E-state index in [0.29, 0.717) is 6.04 Å².